The number of fused-ring (bicyclic) bond motifs is 1. The lowest BCUT2D eigenvalue weighted by Gasteiger charge is -2.36. The molecule has 7 heteroatoms. The third-order valence-electron chi connectivity index (χ3n) is 6.70. The number of cyclic esters (lactones) is 1. The highest BCUT2D eigenvalue weighted by Crippen LogP contribution is 2.35. The standard InChI is InChI=1S/C26H32N2O5/c29-26-28(14-15-30-26)13-10-20-8-11-27(12-9-20)17-23-19-32-25-16-22(6-7-24(25)33-23)31-18-21-4-2-1-3-5-21/h1-7,16,20,23H,8-15,17-19H2/t23-/m0/s1. The highest BCUT2D eigenvalue weighted by Gasteiger charge is 2.28. The van der Waals surface area contributed by atoms with Crippen molar-refractivity contribution in [2.45, 2.75) is 32.0 Å². The number of ether oxygens (including phenoxy) is 4. The minimum atomic E-state index is -0.156. The Balaban J connectivity index is 1.05. The minimum Gasteiger partial charge on any atom is -0.489 e. The van der Waals surface area contributed by atoms with Crippen LogP contribution in [0.5, 0.6) is 17.2 Å². The molecule has 3 heterocycles. The molecular formula is C26H32N2O5. The molecule has 33 heavy (non-hydrogen) atoms. The highest BCUT2D eigenvalue weighted by molar-refractivity contribution is 5.69. The molecule has 0 saturated carbocycles. The average molecular weight is 453 g/mol. The van der Waals surface area contributed by atoms with Crippen molar-refractivity contribution in [1.29, 1.82) is 0 Å². The summed E-state index contributed by atoms with van der Waals surface area (Å²) < 4.78 is 23.2. The maximum absolute atomic E-state index is 11.6. The van der Waals surface area contributed by atoms with Crippen molar-refractivity contribution in [3.8, 4) is 17.2 Å². The van der Waals surface area contributed by atoms with E-state index in [2.05, 4.69) is 17.0 Å². The first-order chi connectivity index (χ1) is 16.2. The summed E-state index contributed by atoms with van der Waals surface area (Å²) in [5.41, 5.74) is 1.13. The molecule has 0 N–H and O–H groups in total. The highest BCUT2D eigenvalue weighted by atomic mass is 16.6. The first kappa shape index (κ1) is 21.9. The lowest BCUT2D eigenvalue weighted by Crippen LogP contribution is -2.44. The van der Waals surface area contributed by atoms with Crippen molar-refractivity contribution >= 4 is 6.09 Å². The van der Waals surface area contributed by atoms with Gasteiger partial charge in [0.2, 0.25) is 0 Å². The summed E-state index contributed by atoms with van der Waals surface area (Å²) >= 11 is 0. The molecule has 176 valence electrons. The number of nitrogens with zero attached hydrogens (tertiary/aromatic N) is 2. The zero-order valence-electron chi connectivity index (χ0n) is 19.0. The zero-order chi connectivity index (χ0) is 22.5. The van der Waals surface area contributed by atoms with Gasteiger partial charge in [0, 0.05) is 19.2 Å². The van der Waals surface area contributed by atoms with Gasteiger partial charge in [0.15, 0.2) is 11.5 Å². The number of amides is 1. The number of carbonyl (C=O) groups excluding carboxylic acids is 1. The number of carbonyl (C=O) groups is 1. The average Bonchev–Trinajstić information content (AvgIpc) is 3.27. The third-order valence-corrected chi connectivity index (χ3v) is 6.70. The first-order valence-corrected chi connectivity index (χ1v) is 12.0. The van der Waals surface area contributed by atoms with Crippen LogP contribution >= 0.6 is 0 Å². The van der Waals surface area contributed by atoms with Crippen molar-refractivity contribution in [3.05, 3.63) is 54.1 Å². The van der Waals surface area contributed by atoms with Gasteiger partial charge in [-0.1, -0.05) is 30.3 Å². The Morgan fingerprint density at radius 2 is 1.82 bits per heavy atom. The molecule has 0 bridgehead atoms. The van der Waals surface area contributed by atoms with E-state index in [-0.39, 0.29) is 12.2 Å². The minimum absolute atomic E-state index is 0.0320. The lowest BCUT2D eigenvalue weighted by atomic mass is 9.93. The van der Waals surface area contributed by atoms with Crippen LogP contribution in [0.1, 0.15) is 24.8 Å². The summed E-state index contributed by atoms with van der Waals surface area (Å²) in [4.78, 5) is 15.9. The Hall–Kier alpha value is -2.93. The number of hydrogen-bond acceptors (Lipinski definition) is 6. The van der Waals surface area contributed by atoms with E-state index in [0.29, 0.717) is 25.7 Å². The van der Waals surface area contributed by atoms with Crippen LogP contribution in [0.15, 0.2) is 48.5 Å². The van der Waals surface area contributed by atoms with E-state index in [0.717, 1.165) is 74.8 Å². The number of likely N-dealkylation sites (tertiary alicyclic amines) is 1. The second-order valence-corrected chi connectivity index (χ2v) is 9.07. The van der Waals surface area contributed by atoms with Gasteiger partial charge in [-0.2, -0.15) is 0 Å². The van der Waals surface area contributed by atoms with Crippen molar-refractivity contribution in [2.24, 2.45) is 5.92 Å². The van der Waals surface area contributed by atoms with Gasteiger partial charge in [-0.05, 0) is 56.0 Å². The largest absolute Gasteiger partial charge is 0.489 e. The number of piperidine rings is 1. The van der Waals surface area contributed by atoms with Crippen LogP contribution in [0.2, 0.25) is 0 Å². The van der Waals surface area contributed by atoms with E-state index < -0.39 is 0 Å². The molecule has 3 aliphatic heterocycles. The van der Waals surface area contributed by atoms with E-state index in [1.54, 1.807) is 0 Å². The van der Waals surface area contributed by atoms with Gasteiger partial charge < -0.3 is 23.8 Å². The molecule has 0 aromatic heterocycles. The van der Waals surface area contributed by atoms with Crippen LogP contribution < -0.4 is 14.2 Å². The molecule has 1 amide bonds. The summed E-state index contributed by atoms with van der Waals surface area (Å²) in [5, 5.41) is 0. The fraction of sp³-hybridized carbons (Fsp3) is 0.500. The quantitative estimate of drug-likeness (QED) is 0.604. The number of benzene rings is 2. The van der Waals surface area contributed by atoms with Gasteiger partial charge in [-0.15, -0.1) is 0 Å². The maximum Gasteiger partial charge on any atom is 0.409 e. The fourth-order valence-corrected chi connectivity index (χ4v) is 4.73. The van der Waals surface area contributed by atoms with Crippen LogP contribution in [-0.2, 0) is 11.3 Å². The fourth-order valence-electron chi connectivity index (χ4n) is 4.73. The van der Waals surface area contributed by atoms with Gasteiger partial charge in [0.1, 0.15) is 31.7 Å². The molecule has 0 aliphatic carbocycles. The molecule has 0 radical (unpaired) electrons. The number of rotatable bonds is 8. The van der Waals surface area contributed by atoms with Crippen LogP contribution in [0.3, 0.4) is 0 Å². The maximum atomic E-state index is 11.6. The van der Waals surface area contributed by atoms with Crippen molar-refractivity contribution in [3.63, 3.8) is 0 Å². The van der Waals surface area contributed by atoms with Gasteiger partial charge >= 0.3 is 6.09 Å². The van der Waals surface area contributed by atoms with E-state index in [1.165, 1.54) is 0 Å². The third kappa shape index (κ3) is 5.71. The second kappa shape index (κ2) is 10.3. The molecule has 0 unspecified atom stereocenters. The van der Waals surface area contributed by atoms with E-state index >= 15 is 0 Å². The van der Waals surface area contributed by atoms with Crippen molar-refractivity contribution in [1.82, 2.24) is 9.80 Å². The molecule has 1 atom stereocenters. The molecular weight excluding hydrogens is 420 g/mol. The molecule has 2 aromatic carbocycles. The van der Waals surface area contributed by atoms with E-state index in [1.807, 2.05) is 41.3 Å². The van der Waals surface area contributed by atoms with E-state index in [9.17, 15) is 4.79 Å². The zero-order valence-corrected chi connectivity index (χ0v) is 19.0. The monoisotopic (exact) mass is 452 g/mol. The molecule has 3 aliphatic rings. The van der Waals surface area contributed by atoms with E-state index in [4.69, 9.17) is 18.9 Å². The van der Waals surface area contributed by atoms with Gasteiger partial charge in [0.25, 0.3) is 0 Å². The topological polar surface area (TPSA) is 60.5 Å². The smallest absolute Gasteiger partial charge is 0.409 e. The van der Waals surface area contributed by atoms with Crippen LogP contribution in [0.25, 0.3) is 0 Å². The predicted molar refractivity (Wildman–Crippen MR) is 124 cm³/mol. The first-order valence-electron chi connectivity index (χ1n) is 12.0. The normalized spacial score (nSPS) is 21.2. The second-order valence-electron chi connectivity index (χ2n) is 9.07. The Labute approximate surface area is 195 Å². The summed E-state index contributed by atoms with van der Waals surface area (Å²) in [5.74, 6) is 2.98. The van der Waals surface area contributed by atoms with Gasteiger partial charge in [0.05, 0.1) is 6.54 Å². The Bertz CT molecular complexity index is 930. The molecule has 2 aromatic rings. The summed E-state index contributed by atoms with van der Waals surface area (Å²) in [6, 6.07) is 15.9. The van der Waals surface area contributed by atoms with Crippen LogP contribution in [0.4, 0.5) is 4.79 Å². The summed E-state index contributed by atoms with van der Waals surface area (Å²) in [6.07, 6.45) is 3.26. The molecule has 2 fully saturated rings. The van der Waals surface area contributed by atoms with Crippen LogP contribution in [-0.4, -0.2) is 67.9 Å². The summed E-state index contributed by atoms with van der Waals surface area (Å²) in [6.45, 7) is 6.16. The summed E-state index contributed by atoms with van der Waals surface area (Å²) in [7, 11) is 0. The Morgan fingerprint density at radius 1 is 0.970 bits per heavy atom. The van der Waals surface area contributed by atoms with Crippen LogP contribution in [0, 0.1) is 5.92 Å². The number of hydrogen-bond donors (Lipinski definition) is 0. The lowest BCUT2D eigenvalue weighted by molar-refractivity contribution is 0.0465. The van der Waals surface area contributed by atoms with Gasteiger partial charge in [-0.25, -0.2) is 4.79 Å². The molecule has 2 saturated heterocycles. The van der Waals surface area contributed by atoms with Crippen molar-refractivity contribution < 1.29 is 23.7 Å². The molecule has 7 nitrogen and oxygen atoms in total. The molecule has 0 spiro atoms. The Morgan fingerprint density at radius 3 is 2.61 bits per heavy atom. The Kier molecular flexibility index (Phi) is 6.86. The predicted octanol–water partition coefficient (Wildman–Crippen LogP) is 3.96. The van der Waals surface area contributed by atoms with Crippen molar-refractivity contribution in [2.75, 3.05) is 45.9 Å². The molecule has 5 rings (SSSR count). The van der Waals surface area contributed by atoms with Gasteiger partial charge in [-0.3, -0.25) is 4.90 Å². The SMILES string of the molecule is O=C1OCCN1CCC1CCN(C[C@H]2COc3cc(OCc4ccccc4)ccc3O2)CC1.